The zero-order valence-electron chi connectivity index (χ0n) is 12.6. The summed E-state index contributed by atoms with van der Waals surface area (Å²) in [6.45, 7) is 5.88. The summed E-state index contributed by atoms with van der Waals surface area (Å²) in [5.41, 5.74) is 3.10. The zero-order valence-corrected chi connectivity index (χ0v) is 12.6. The second kappa shape index (κ2) is 6.54. The largest absolute Gasteiger partial charge is 0.485 e. The second-order valence-electron chi connectivity index (χ2n) is 5.11. The molecular formula is C16H20N2O3. The van der Waals surface area contributed by atoms with E-state index in [2.05, 4.69) is 9.97 Å². The summed E-state index contributed by atoms with van der Waals surface area (Å²) in [7, 11) is 0. The van der Waals surface area contributed by atoms with Crippen molar-refractivity contribution >= 4 is 0 Å². The van der Waals surface area contributed by atoms with E-state index >= 15 is 0 Å². The molecule has 112 valence electrons. The molecule has 0 amide bonds. The van der Waals surface area contributed by atoms with Crippen molar-refractivity contribution in [2.24, 2.45) is 0 Å². The summed E-state index contributed by atoms with van der Waals surface area (Å²) in [4.78, 5) is 19.0. The Morgan fingerprint density at radius 3 is 2.71 bits per heavy atom. The fourth-order valence-electron chi connectivity index (χ4n) is 2.15. The van der Waals surface area contributed by atoms with Crippen LogP contribution in [0.4, 0.5) is 0 Å². The van der Waals surface area contributed by atoms with Gasteiger partial charge < -0.3 is 14.8 Å². The minimum atomic E-state index is -0.212. The molecule has 0 aliphatic heterocycles. The van der Waals surface area contributed by atoms with E-state index in [0.717, 1.165) is 16.9 Å². The third-order valence-electron chi connectivity index (χ3n) is 3.34. The van der Waals surface area contributed by atoms with Gasteiger partial charge in [-0.05, 0) is 38.0 Å². The third-order valence-corrected chi connectivity index (χ3v) is 3.34. The van der Waals surface area contributed by atoms with Gasteiger partial charge in [0.25, 0.3) is 5.56 Å². The van der Waals surface area contributed by atoms with Gasteiger partial charge in [-0.2, -0.15) is 0 Å². The topological polar surface area (TPSA) is 75.2 Å². The Morgan fingerprint density at radius 2 is 2.05 bits per heavy atom. The van der Waals surface area contributed by atoms with E-state index < -0.39 is 0 Å². The number of hydrogen-bond donors (Lipinski definition) is 2. The third kappa shape index (κ3) is 3.70. The van der Waals surface area contributed by atoms with Gasteiger partial charge in [0.15, 0.2) is 0 Å². The number of hydrogen-bond acceptors (Lipinski definition) is 4. The Kier molecular flexibility index (Phi) is 4.75. The van der Waals surface area contributed by atoms with Crippen LogP contribution in [0.15, 0.2) is 23.0 Å². The van der Waals surface area contributed by atoms with Crippen LogP contribution in [0, 0.1) is 20.8 Å². The molecule has 0 unspecified atom stereocenters. The van der Waals surface area contributed by atoms with E-state index in [4.69, 9.17) is 9.84 Å². The van der Waals surface area contributed by atoms with E-state index in [9.17, 15) is 4.79 Å². The van der Waals surface area contributed by atoms with Crippen molar-refractivity contribution < 1.29 is 9.84 Å². The van der Waals surface area contributed by atoms with E-state index in [0.29, 0.717) is 23.5 Å². The van der Waals surface area contributed by atoms with E-state index in [1.807, 2.05) is 32.0 Å². The van der Waals surface area contributed by atoms with Crippen LogP contribution in [0.5, 0.6) is 5.75 Å². The van der Waals surface area contributed by atoms with Gasteiger partial charge in [-0.25, -0.2) is 4.98 Å². The Hall–Kier alpha value is -2.14. The molecule has 0 fully saturated rings. The molecule has 0 radical (unpaired) electrons. The van der Waals surface area contributed by atoms with Crippen molar-refractivity contribution in [3.05, 3.63) is 56.8 Å². The maximum atomic E-state index is 11.9. The van der Waals surface area contributed by atoms with Gasteiger partial charge in [-0.3, -0.25) is 4.79 Å². The minimum absolute atomic E-state index is 0.0655. The van der Waals surface area contributed by atoms with Crippen molar-refractivity contribution in [2.45, 2.75) is 33.8 Å². The van der Waals surface area contributed by atoms with Crippen molar-refractivity contribution in [3.63, 3.8) is 0 Å². The predicted octanol–water partition coefficient (Wildman–Crippen LogP) is 1.81. The monoisotopic (exact) mass is 288 g/mol. The lowest BCUT2D eigenvalue weighted by molar-refractivity contribution is 0.290. The first-order valence-electron chi connectivity index (χ1n) is 6.91. The maximum absolute atomic E-state index is 11.9. The summed E-state index contributed by atoms with van der Waals surface area (Å²) in [5.74, 6) is 1.27. The fourth-order valence-corrected chi connectivity index (χ4v) is 2.15. The Balaban J connectivity index is 2.17. The highest BCUT2D eigenvalue weighted by Crippen LogP contribution is 2.19. The standard InChI is InChI=1S/C16H20N2O3/c1-10-4-5-11(2)14(8-10)21-9-15-17-12(3)13(6-7-19)16(20)18-15/h4-5,8,19H,6-7,9H2,1-3H3,(H,17,18,20). The van der Waals surface area contributed by atoms with Gasteiger partial charge in [0.1, 0.15) is 18.2 Å². The van der Waals surface area contributed by atoms with Crippen molar-refractivity contribution in [3.8, 4) is 5.75 Å². The average molecular weight is 288 g/mol. The molecule has 0 atom stereocenters. The fraction of sp³-hybridized carbons (Fsp3) is 0.375. The molecule has 5 heteroatoms. The quantitative estimate of drug-likeness (QED) is 0.880. The number of benzene rings is 1. The van der Waals surface area contributed by atoms with E-state index in [1.165, 1.54) is 0 Å². The number of nitrogens with zero attached hydrogens (tertiary/aromatic N) is 1. The molecule has 0 saturated carbocycles. The molecule has 0 saturated heterocycles. The molecular weight excluding hydrogens is 268 g/mol. The molecule has 2 N–H and O–H groups in total. The average Bonchev–Trinajstić information content (AvgIpc) is 2.44. The highest BCUT2D eigenvalue weighted by atomic mass is 16.5. The van der Waals surface area contributed by atoms with Crippen LogP contribution in [0.25, 0.3) is 0 Å². The molecule has 0 aliphatic carbocycles. The first kappa shape index (κ1) is 15.3. The predicted molar refractivity (Wildman–Crippen MR) is 80.6 cm³/mol. The first-order chi connectivity index (χ1) is 10.0. The van der Waals surface area contributed by atoms with Gasteiger partial charge in [0.05, 0.1) is 0 Å². The van der Waals surface area contributed by atoms with Gasteiger partial charge in [-0.15, -0.1) is 0 Å². The summed E-state index contributed by atoms with van der Waals surface area (Å²) >= 11 is 0. The molecule has 1 aromatic carbocycles. The SMILES string of the molecule is Cc1ccc(C)c(OCc2nc(C)c(CCO)c(=O)[nH]2)c1. The van der Waals surface area contributed by atoms with Gasteiger partial charge in [0.2, 0.25) is 0 Å². The van der Waals surface area contributed by atoms with E-state index in [1.54, 1.807) is 6.92 Å². The smallest absolute Gasteiger partial charge is 0.254 e. The number of nitrogens with one attached hydrogen (secondary N) is 1. The normalized spacial score (nSPS) is 10.7. The molecule has 0 spiro atoms. The van der Waals surface area contributed by atoms with E-state index in [-0.39, 0.29) is 18.8 Å². The lowest BCUT2D eigenvalue weighted by Gasteiger charge is -2.10. The number of rotatable bonds is 5. The maximum Gasteiger partial charge on any atom is 0.254 e. The van der Waals surface area contributed by atoms with Crippen LogP contribution in [0.3, 0.4) is 0 Å². The number of aromatic nitrogens is 2. The summed E-state index contributed by atoms with van der Waals surface area (Å²) in [6, 6.07) is 5.98. The van der Waals surface area contributed by atoms with Crippen molar-refractivity contribution in [2.75, 3.05) is 6.61 Å². The molecule has 0 bridgehead atoms. The molecule has 21 heavy (non-hydrogen) atoms. The molecule has 5 nitrogen and oxygen atoms in total. The Labute approximate surface area is 123 Å². The number of aliphatic hydroxyl groups excluding tert-OH is 1. The molecule has 1 aromatic heterocycles. The highest BCUT2D eigenvalue weighted by molar-refractivity contribution is 5.36. The van der Waals surface area contributed by atoms with Crippen LogP contribution < -0.4 is 10.3 Å². The number of ether oxygens (including phenoxy) is 1. The lowest BCUT2D eigenvalue weighted by Crippen LogP contribution is -2.21. The molecule has 0 aliphatic rings. The van der Waals surface area contributed by atoms with Crippen molar-refractivity contribution in [1.82, 2.24) is 9.97 Å². The molecule has 1 heterocycles. The summed E-state index contributed by atoms with van der Waals surface area (Å²) in [6.07, 6.45) is 0.312. The lowest BCUT2D eigenvalue weighted by atomic mass is 10.1. The van der Waals surface area contributed by atoms with Gasteiger partial charge in [0, 0.05) is 24.3 Å². The number of aromatic amines is 1. The Morgan fingerprint density at radius 1 is 1.29 bits per heavy atom. The van der Waals surface area contributed by atoms with Gasteiger partial charge in [-0.1, -0.05) is 12.1 Å². The molecule has 2 rings (SSSR count). The summed E-state index contributed by atoms with van der Waals surface area (Å²) < 4.78 is 5.73. The van der Waals surface area contributed by atoms with Gasteiger partial charge >= 0.3 is 0 Å². The van der Waals surface area contributed by atoms with Crippen LogP contribution in [-0.2, 0) is 13.0 Å². The first-order valence-corrected chi connectivity index (χ1v) is 6.91. The minimum Gasteiger partial charge on any atom is -0.485 e. The number of H-pyrrole nitrogens is 1. The number of aryl methyl sites for hydroxylation is 3. The van der Waals surface area contributed by atoms with Crippen LogP contribution in [0.2, 0.25) is 0 Å². The summed E-state index contributed by atoms with van der Waals surface area (Å²) in [5, 5.41) is 8.94. The van der Waals surface area contributed by atoms with Crippen LogP contribution >= 0.6 is 0 Å². The molecule has 2 aromatic rings. The van der Waals surface area contributed by atoms with Crippen LogP contribution in [0.1, 0.15) is 28.2 Å². The van der Waals surface area contributed by atoms with Crippen molar-refractivity contribution in [1.29, 1.82) is 0 Å². The van der Waals surface area contributed by atoms with Crippen LogP contribution in [-0.4, -0.2) is 21.7 Å². The zero-order chi connectivity index (χ0) is 15.4. The number of aliphatic hydroxyl groups is 1. The Bertz CT molecular complexity index is 692. The highest BCUT2D eigenvalue weighted by Gasteiger charge is 2.08. The second-order valence-corrected chi connectivity index (χ2v) is 5.11.